The summed E-state index contributed by atoms with van der Waals surface area (Å²) in [6.07, 6.45) is 4.31. The van der Waals surface area contributed by atoms with Crippen LogP contribution >= 0.6 is 0 Å². The third-order valence-electron chi connectivity index (χ3n) is 4.15. The Hall–Kier alpha value is -3.74. The van der Waals surface area contributed by atoms with Gasteiger partial charge in [-0.2, -0.15) is 0 Å². The van der Waals surface area contributed by atoms with Gasteiger partial charge in [0.2, 0.25) is 17.2 Å². The van der Waals surface area contributed by atoms with Gasteiger partial charge in [-0.05, 0) is 25.5 Å². The lowest BCUT2D eigenvalue weighted by Crippen LogP contribution is -2.12. The fourth-order valence-corrected chi connectivity index (χ4v) is 2.48. The average Bonchev–Trinajstić information content (AvgIpc) is 2.73. The number of esters is 1. The highest BCUT2D eigenvalue weighted by atomic mass is 16.6. The molecule has 0 atom stereocenters. The maximum atomic E-state index is 12.8. The third kappa shape index (κ3) is 4.57. The standard InChI is InChI=1S/C22H22O7/c1-5-13(2)22(26)29-21-18(25)20(28-4)17(24)16(19(21)27-3)15(23)12-11-14-9-7-6-8-10-14/h5-12,24-25H,1-4H3/b12-11?,13-5-. The number of hydrogen-bond acceptors (Lipinski definition) is 7. The van der Waals surface area contributed by atoms with Crippen molar-refractivity contribution in [2.45, 2.75) is 13.8 Å². The molecule has 0 unspecified atom stereocenters. The number of carbonyl (C=O) groups excluding carboxylic acids is 2. The lowest BCUT2D eigenvalue weighted by Gasteiger charge is -2.18. The minimum atomic E-state index is -0.757. The van der Waals surface area contributed by atoms with Crippen molar-refractivity contribution >= 4 is 17.8 Å². The van der Waals surface area contributed by atoms with Gasteiger partial charge in [0.15, 0.2) is 17.3 Å². The number of phenols is 2. The molecule has 0 saturated carbocycles. The molecule has 0 fully saturated rings. The molecule has 7 heteroatoms. The fraction of sp³-hybridized carbons (Fsp3) is 0.182. The molecule has 2 N–H and O–H groups in total. The molecule has 0 heterocycles. The summed E-state index contributed by atoms with van der Waals surface area (Å²) in [5, 5.41) is 20.9. The van der Waals surface area contributed by atoms with Crippen molar-refractivity contribution in [3.05, 3.63) is 59.2 Å². The Morgan fingerprint density at radius 3 is 2.10 bits per heavy atom. The first-order valence-corrected chi connectivity index (χ1v) is 8.68. The van der Waals surface area contributed by atoms with Crippen LogP contribution < -0.4 is 14.2 Å². The van der Waals surface area contributed by atoms with E-state index in [1.54, 1.807) is 25.1 Å². The fourth-order valence-electron chi connectivity index (χ4n) is 2.48. The van der Waals surface area contributed by atoms with Crippen molar-refractivity contribution in [1.82, 2.24) is 0 Å². The lowest BCUT2D eigenvalue weighted by molar-refractivity contribution is -0.130. The molecule has 29 heavy (non-hydrogen) atoms. The summed E-state index contributed by atoms with van der Waals surface area (Å²) >= 11 is 0. The molecule has 0 aliphatic carbocycles. The SMILES string of the molecule is C/C=C(/C)C(=O)Oc1c(O)c(OC)c(O)c(C(=O)C=Cc2ccccc2)c1OC. The second kappa shape index (κ2) is 9.45. The molecule has 152 valence electrons. The summed E-state index contributed by atoms with van der Waals surface area (Å²) in [5.41, 5.74) is 0.728. The summed E-state index contributed by atoms with van der Waals surface area (Å²) < 4.78 is 15.4. The number of allylic oxidation sites excluding steroid dienone is 2. The van der Waals surface area contributed by atoms with Crippen LogP contribution in [-0.4, -0.2) is 36.2 Å². The van der Waals surface area contributed by atoms with E-state index in [2.05, 4.69) is 0 Å². The van der Waals surface area contributed by atoms with Crippen molar-refractivity contribution in [2.24, 2.45) is 0 Å². The largest absolute Gasteiger partial charge is 0.504 e. The maximum Gasteiger partial charge on any atom is 0.339 e. The Balaban J connectivity index is 2.61. The number of ketones is 1. The summed E-state index contributed by atoms with van der Waals surface area (Å²) in [7, 11) is 2.41. The minimum Gasteiger partial charge on any atom is -0.504 e. The predicted octanol–water partition coefficient (Wildman–Crippen LogP) is 3.88. The topological polar surface area (TPSA) is 102 Å². The molecule has 0 aliphatic heterocycles. The van der Waals surface area contributed by atoms with Gasteiger partial charge in [0.1, 0.15) is 5.56 Å². The van der Waals surface area contributed by atoms with E-state index in [1.807, 2.05) is 18.2 Å². The smallest absolute Gasteiger partial charge is 0.339 e. The van der Waals surface area contributed by atoms with Crippen LogP contribution in [0.5, 0.6) is 28.7 Å². The van der Waals surface area contributed by atoms with Crippen molar-refractivity contribution in [3.8, 4) is 28.7 Å². The zero-order valence-corrected chi connectivity index (χ0v) is 16.6. The normalized spacial score (nSPS) is 11.4. The Morgan fingerprint density at radius 2 is 1.55 bits per heavy atom. The number of ether oxygens (including phenoxy) is 3. The molecule has 2 aromatic rings. The lowest BCUT2D eigenvalue weighted by atomic mass is 10.0. The predicted molar refractivity (Wildman–Crippen MR) is 108 cm³/mol. The number of hydrogen-bond donors (Lipinski definition) is 2. The second-order valence-electron chi connectivity index (χ2n) is 5.94. The molecule has 0 radical (unpaired) electrons. The molecule has 2 rings (SSSR count). The number of methoxy groups -OCH3 is 2. The van der Waals surface area contributed by atoms with E-state index in [9.17, 15) is 19.8 Å². The highest BCUT2D eigenvalue weighted by Crippen LogP contribution is 2.52. The molecule has 0 spiro atoms. The molecular weight excluding hydrogens is 376 g/mol. The first-order chi connectivity index (χ1) is 13.8. The van der Waals surface area contributed by atoms with Gasteiger partial charge in [0.05, 0.1) is 14.2 Å². The number of phenolic OH excluding ortho intramolecular Hbond substituents is 2. The van der Waals surface area contributed by atoms with E-state index < -0.39 is 34.8 Å². The van der Waals surface area contributed by atoms with Gasteiger partial charge in [-0.15, -0.1) is 0 Å². The Morgan fingerprint density at radius 1 is 0.931 bits per heavy atom. The van der Waals surface area contributed by atoms with Crippen LogP contribution in [0.3, 0.4) is 0 Å². The molecule has 0 bridgehead atoms. The molecule has 0 amide bonds. The second-order valence-corrected chi connectivity index (χ2v) is 5.94. The number of benzene rings is 2. The van der Waals surface area contributed by atoms with Crippen LogP contribution in [-0.2, 0) is 4.79 Å². The van der Waals surface area contributed by atoms with Gasteiger partial charge in [0.25, 0.3) is 0 Å². The summed E-state index contributed by atoms with van der Waals surface area (Å²) in [5.74, 6) is -3.82. The van der Waals surface area contributed by atoms with Gasteiger partial charge < -0.3 is 24.4 Å². The first-order valence-electron chi connectivity index (χ1n) is 8.68. The molecular formula is C22H22O7. The molecule has 0 saturated heterocycles. The Kier molecular flexibility index (Phi) is 7.03. The van der Waals surface area contributed by atoms with Crippen LogP contribution in [0.2, 0.25) is 0 Å². The van der Waals surface area contributed by atoms with Gasteiger partial charge in [0, 0.05) is 5.57 Å². The van der Waals surface area contributed by atoms with E-state index >= 15 is 0 Å². The van der Waals surface area contributed by atoms with Crippen LogP contribution in [0, 0.1) is 0 Å². The zero-order valence-electron chi connectivity index (χ0n) is 16.6. The zero-order chi connectivity index (χ0) is 21.6. The highest BCUT2D eigenvalue weighted by molar-refractivity contribution is 6.12. The number of carbonyl (C=O) groups is 2. The summed E-state index contributed by atoms with van der Waals surface area (Å²) in [6, 6.07) is 9.06. The van der Waals surface area contributed by atoms with E-state index in [4.69, 9.17) is 14.2 Å². The number of aromatic hydroxyl groups is 2. The van der Waals surface area contributed by atoms with Crippen LogP contribution in [0.4, 0.5) is 0 Å². The summed E-state index contributed by atoms with van der Waals surface area (Å²) in [4.78, 5) is 25.0. The van der Waals surface area contributed by atoms with Gasteiger partial charge in [-0.1, -0.05) is 42.5 Å². The van der Waals surface area contributed by atoms with Crippen molar-refractivity contribution in [1.29, 1.82) is 0 Å². The average molecular weight is 398 g/mol. The Labute approximate surface area is 168 Å². The Bertz CT molecular complexity index is 973. The summed E-state index contributed by atoms with van der Waals surface area (Å²) in [6.45, 7) is 3.17. The van der Waals surface area contributed by atoms with E-state index in [0.717, 1.165) is 5.56 Å². The molecule has 0 aromatic heterocycles. The first kappa shape index (κ1) is 21.6. The third-order valence-corrected chi connectivity index (χ3v) is 4.15. The highest BCUT2D eigenvalue weighted by Gasteiger charge is 2.31. The van der Waals surface area contributed by atoms with Crippen molar-refractivity contribution in [2.75, 3.05) is 14.2 Å². The van der Waals surface area contributed by atoms with E-state index in [0.29, 0.717) is 0 Å². The van der Waals surface area contributed by atoms with Gasteiger partial charge in [-0.3, -0.25) is 4.79 Å². The molecule has 7 nitrogen and oxygen atoms in total. The van der Waals surface area contributed by atoms with Crippen molar-refractivity contribution in [3.63, 3.8) is 0 Å². The number of rotatable bonds is 7. The monoisotopic (exact) mass is 398 g/mol. The van der Waals surface area contributed by atoms with Crippen LogP contribution in [0.1, 0.15) is 29.8 Å². The van der Waals surface area contributed by atoms with Crippen LogP contribution in [0.15, 0.2) is 48.1 Å². The molecule has 0 aliphatic rings. The maximum absolute atomic E-state index is 12.8. The quantitative estimate of drug-likeness (QED) is 0.316. The van der Waals surface area contributed by atoms with Crippen molar-refractivity contribution < 1.29 is 34.0 Å². The van der Waals surface area contributed by atoms with E-state index in [-0.39, 0.29) is 16.9 Å². The molecule has 2 aromatic carbocycles. The van der Waals surface area contributed by atoms with Gasteiger partial charge in [-0.25, -0.2) is 4.79 Å². The van der Waals surface area contributed by atoms with Gasteiger partial charge >= 0.3 is 5.97 Å². The minimum absolute atomic E-state index is 0.273. The van der Waals surface area contributed by atoms with Crippen LogP contribution in [0.25, 0.3) is 6.08 Å². The van der Waals surface area contributed by atoms with E-state index in [1.165, 1.54) is 33.3 Å².